The smallest absolute Gasteiger partial charge is 0.137 e. The molecule has 2 N–H and O–H groups in total. The Morgan fingerprint density at radius 1 is 1.39 bits per heavy atom. The van der Waals surface area contributed by atoms with Crippen molar-refractivity contribution >= 4 is 0 Å². The summed E-state index contributed by atoms with van der Waals surface area (Å²) in [4.78, 5) is 10.8. The van der Waals surface area contributed by atoms with Gasteiger partial charge < -0.3 is 14.8 Å². The number of aliphatic hydroxyl groups is 1. The van der Waals surface area contributed by atoms with E-state index < -0.39 is 0 Å². The second kappa shape index (κ2) is 6.43. The van der Waals surface area contributed by atoms with Gasteiger partial charge in [-0.05, 0) is 24.0 Å². The number of H-pyrrole nitrogens is 1. The topological polar surface area (TPSA) is 61.4 Å². The second-order valence-corrected chi connectivity index (χ2v) is 6.58. The van der Waals surface area contributed by atoms with Crippen molar-refractivity contribution in [2.75, 3.05) is 26.3 Å². The van der Waals surface area contributed by atoms with Crippen LogP contribution in [0.5, 0.6) is 0 Å². The minimum Gasteiger partial charge on any atom is -0.392 e. The molecule has 2 aromatic rings. The molecule has 1 fully saturated rings. The molecule has 1 aromatic heterocycles. The maximum atomic E-state index is 9.29. The largest absolute Gasteiger partial charge is 0.392 e. The highest BCUT2D eigenvalue weighted by atomic mass is 16.5. The molecule has 122 valence electrons. The predicted octanol–water partition coefficient (Wildman–Crippen LogP) is 1.96. The number of benzene rings is 1. The third-order valence-corrected chi connectivity index (χ3v) is 4.83. The fourth-order valence-electron chi connectivity index (χ4n) is 3.55. The molecule has 2 aliphatic rings. The van der Waals surface area contributed by atoms with E-state index in [2.05, 4.69) is 9.88 Å². The van der Waals surface area contributed by atoms with Gasteiger partial charge in [0.25, 0.3) is 0 Å². The molecule has 5 heteroatoms. The van der Waals surface area contributed by atoms with Crippen LogP contribution < -0.4 is 0 Å². The van der Waals surface area contributed by atoms with Gasteiger partial charge in [-0.3, -0.25) is 4.90 Å². The van der Waals surface area contributed by atoms with Crippen molar-refractivity contribution in [3.8, 4) is 11.4 Å². The molecule has 5 nitrogen and oxygen atoms in total. The van der Waals surface area contributed by atoms with E-state index >= 15 is 0 Å². The normalized spacial score (nSPS) is 21.5. The first-order valence-corrected chi connectivity index (χ1v) is 8.40. The van der Waals surface area contributed by atoms with Gasteiger partial charge in [0, 0.05) is 38.2 Å². The molecule has 0 saturated carbocycles. The Bertz CT molecular complexity index is 677. The summed E-state index contributed by atoms with van der Waals surface area (Å²) in [6.07, 6.45) is 2.19. The quantitative estimate of drug-likeness (QED) is 0.906. The highest BCUT2D eigenvalue weighted by Gasteiger charge is 2.24. The van der Waals surface area contributed by atoms with Crippen LogP contribution in [-0.2, 0) is 24.3 Å². The summed E-state index contributed by atoms with van der Waals surface area (Å²) < 4.78 is 5.48. The Balaban J connectivity index is 1.50. The third-order valence-electron chi connectivity index (χ3n) is 4.83. The zero-order valence-electron chi connectivity index (χ0n) is 13.3. The van der Waals surface area contributed by atoms with Crippen molar-refractivity contribution in [1.82, 2.24) is 14.9 Å². The van der Waals surface area contributed by atoms with Gasteiger partial charge in [0.1, 0.15) is 5.82 Å². The van der Waals surface area contributed by atoms with E-state index in [-0.39, 0.29) is 6.61 Å². The molecule has 0 bridgehead atoms. The molecule has 2 aliphatic heterocycles. The Hall–Kier alpha value is -1.69. The summed E-state index contributed by atoms with van der Waals surface area (Å²) in [5.41, 5.74) is 4.38. The lowest BCUT2D eigenvalue weighted by Crippen LogP contribution is -2.34. The van der Waals surface area contributed by atoms with Crippen LogP contribution in [-0.4, -0.2) is 46.3 Å². The number of fused-ring (bicyclic) bond motifs is 1. The van der Waals surface area contributed by atoms with Crippen molar-refractivity contribution in [3.05, 3.63) is 41.2 Å². The van der Waals surface area contributed by atoms with E-state index in [0.29, 0.717) is 5.92 Å². The molecule has 0 spiro atoms. The number of ether oxygens (including phenoxy) is 1. The van der Waals surface area contributed by atoms with Crippen LogP contribution in [0.4, 0.5) is 0 Å². The lowest BCUT2D eigenvalue weighted by atomic mass is 10.1. The molecular formula is C18H23N3O2. The van der Waals surface area contributed by atoms with Crippen molar-refractivity contribution < 1.29 is 9.84 Å². The number of rotatable bonds is 4. The number of hydrogen-bond acceptors (Lipinski definition) is 4. The minimum atomic E-state index is 0.0610. The first kappa shape index (κ1) is 14.9. The molecule has 23 heavy (non-hydrogen) atoms. The number of aromatic nitrogens is 2. The highest BCUT2D eigenvalue weighted by Crippen LogP contribution is 2.25. The van der Waals surface area contributed by atoms with E-state index in [0.717, 1.165) is 56.2 Å². The van der Waals surface area contributed by atoms with E-state index in [1.165, 1.54) is 17.8 Å². The van der Waals surface area contributed by atoms with Gasteiger partial charge >= 0.3 is 0 Å². The maximum Gasteiger partial charge on any atom is 0.137 e. The van der Waals surface area contributed by atoms with Crippen molar-refractivity contribution in [2.45, 2.75) is 26.0 Å². The number of hydrogen-bond donors (Lipinski definition) is 2. The monoisotopic (exact) mass is 313 g/mol. The first-order chi connectivity index (χ1) is 11.3. The highest BCUT2D eigenvalue weighted by molar-refractivity contribution is 5.57. The fraction of sp³-hybridized carbons (Fsp3) is 0.500. The van der Waals surface area contributed by atoms with Crippen LogP contribution in [0.25, 0.3) is 11.4 Å². The summed E-state index contributed by atoms with van der Waals surface area (Å²) in [6.45, 7) is 5.02. The fourth-order valence-corrected chi connectivity index (χ4v) is 3.55. The van der Waals surface area contributed by atoms with Gasteiger partial charge in [0.15, 0.2) is 0 Å². The SMILES string of the molecule is OCc1cccc(-c2nc3c([nH]2)CN(CC2CCOC2)CC3)c1. The number of aromatic amines is 1. The Labute approximate surface area is 136 Å². The van der Waals surface area contributed by atoms with E-state index in [1.54, 1.807) is 0 Å². The van der Waals surface area contributed by atoms with Crippen LogP contribution in [0.1, 0.15) is 23.4 Å². The second-order valence-electron chi connectivity index (χ2n) is 6.58. The summed E-state index contributed by atoms with van der Waals surface area (Å²) in [6, 6.07) is 7.93. The lowest BCUT2D eigenvalue weighted by Gasteiger charge is -2.27. The lowest BCUT2D eigenvalue weighted by molar-refractivity contribution is 0.161. The molecular weight excluding hydrogens is 290 g/mol. The van der Waals surface area contributed by atoms with Crippen molar-refractivity contribution in [3.63, 3.8) is 0 Å². The number of aliphatic hydroxyl groups excluding tert-OH is 1. The average Bonchev–Trinajstić information content (AvgIpc) is 3.24. The van der Waals surface area contributed by atoms with Gasteiger partial charge in [-0.25, -0.2) is 4.98 Å². The molecule has 1 saturated heterocycles. The van der Waals surface area contributed by atoms with E-state index in [1.807, 2.05) is 24.3 Å². The number of imidazole rings is 1. The summed E-state index contributed by atoms with van der Waals surface area (Å²) >= 11 is 0. The Morgan fingerprint density at radius 2 is 2.35 bits per heavy atom. The summed E-state index contributed by atoms with van der Waals surface area (Å²) in [5, 5.41) is 9.29. The minimum absolute atomic E-state index is 0.0610. The molecule has 1 aromatic carbocycles. The van der Waals surface area contributed by atoms with Crippen molar-refractivity contribution in [1.29, 1.82) is 0 Å². The molecule has 1 unspecified atom stereocenters. The Morgan fingerprint density at radius 3 is 3.17 bits per heavy atom. The zero-order chi connectivity index (χ0) is 15.6. The number of nitrogens with zero attached hydrogens (tertiary/aromatic N) is 2. The molecule has 3 heterocycles. The van der Waals surface area contributed by atoms with Crippen LogP contribution in [0.2, 0.25) is 0 Å². The van der Waals surface area contributed by atoms with Crippen molar-refractivity contribution in [2.24, 2.45) is 5.92 Å². The molecule has 0 aliphatic carbocycles. The maximum absolute atomic E-state index is 9.29. The van der Waals surface area contributed by atoms with Gasteiger partial charge in [0.05, 0.1) is 24.6 Å². The van der Waals surface area contributed by atoms with Gasteiger partial charge in [-0.15, -0.1) is 0 Å². The number of nitrogens with one attached hydrogen (secondary N) is 1. The average molecular weight is 313 g/mol. The van der Waals surface area contributed by atoms with Crippen LogP contribution in [0, 0.1) is 5.92 Å². The summed E-state index contributed by atoms with van der Waals surface area (Å²) in [5.74, 6) is 1.59. The van der Waals surface area contributed by atoms with E-state index in [9.17, 15) is 5.11 Å². The van der Waals surface area contributed by atoms with Crippen LogP contribution >= 0.6 is 0 Å². The van der Waals surface area contributed by atoms with Gasteiger partial charge in [-0.2, -0.15) is 0 Å². The Kier molecular flexibility index (Phi) is 4.16. The molecule has 0 radical (unpaired) electrons. The third kappa shape index (κ3) is 3.17. The predicted molar refractivity (Wildman–Crippen MR) is 87.9 cm³/mol. The van der Waals surface area contributed by atoms with Gasteiger partial charge in [0.2, 0.25) is 0 Å². The summed E-state index contributed by atoms with van der Waals surface area (Å²) in [7, 11) is 0. The first-order valence-electron chi connectivity index (χ1n) is 8.40. The standard InChI is InChI=1S/C18H23N3O2/c22-11-13-2-1-3-15(8-13)18-19-16-4-6-21(10-17(16)20-18)9-14-5-7-23-12-14/h1-3,8,14,22H,4-7,9-12H2,(H,19,20). The molecule has 0 amide bonds. The van der Waals surface area contributed by atoms with Gasteiger partial charge in [-0.1, -0.05) is 18.2 Å². The van der Waals surface area contributed by atoms with Crippen LogP contribution in [0.15, 0.2) is 24.3 Å². The molecule has 1 atom stereocenters. The van der Waals surface area contributed by atoms with E-state index in [4.69, 9.17) is 9.72 Å². The molecule has 4 rings (SSSR count). The zero-order valence-corrected chi connectivity index (χ0v) is 13.3. The van der Waals surface area contributed by atoms with Crippen LogP contribution in [0.3, 0.4) is 0 Å².